The van der Waals surface area contributed by atoms with Crippen molar-refractivity contribution in [2.75, 3.05) is 0 Å². The summed E-state index contributed by atoms with van der Waals surface area (Å²) in [7, 11) is 0. The summed E-state index contributed by atoms with van der Waals surface area (Å²) in [5.74, 6) is 1.74. The highest BCUT2D eigenvalue weighted by atomic mass is 19.1. The number of nitrogens with zero attached hydrogens (tertiary/aromatic N) is 1. The Labute approximate surface area is 235 Å². The van der Waals surface area contributed by atoms with Crippen LogP contribution >= 0.6 is 0 Å². The maximum atomic E-state index is 12.8. The number of halogens is 2. The molecule has 0 unspecified atom stereocenters. The van der Waals surface area contributed by atoms with Gasteiger partial charge in [0.05, 0.1) is 6.21 Å². The Morgan fingerprint density at radius 2 is 1.10 bits per heavy atom. The summed E-state index contributed by atoms with van der Waals surface area (Å²) in [6, 6.07) is 24.4. The van der Waals surface area contributed by atoms with E-state index in [-0.39, 0.29) is 19.1 Å². The molecule has 214 valence electrons. The Morgan fingerprint density at radius 3 is 1.51 bits per heavy atom. The summed E-state index contributed by atoms with van der Waals surface area (Å²) in [6.45, 7) is 0.444. The zero-order valence-corrected chi connectivity index (χ0v) is 21.0. The van der Waals surface area contributed by atoms with Crippen LogP contribution in [0.1, 0.15) is 18.6 Å². The molecule has 0 aliphatic rings. The Balaban J connectivity index is 0.000000280. The molecule has 0 atom stereocenters. The van der Waals surface area contributed by atoms with Gasteiger partial charge >= 0.3 is 12.1 Å². The quantitative estimate of drug-likeness (QED) is 0.133. The number of amides is 4. The molecule has 7 N–H and O–H groups in total. The van der Waals surface area contributed by atoms with Crippen LogP contribution in [-0.4, -0.2) is 18.3 Å². The monoisotopic (exact) mass is 564 g/mol. The van der Waals surface area contributed by atoms with Gasteiger partial charge in [-0.25, -0.2) is 29.2 Å². The molecule has 12 heteroatoms. The lowest BCUT2D eigenvalue weighted by atomic mass is 10.2. The smallest absolute Gasteiger partial charge is 0.332 e. The van der Waals surface area contributed by atoms with Gasteiger partial charge in [0.15, 0.2) is 0 Å². The highest BCUT2D eigenvalue weighted by molar-refractivity contribution is 5.81. The van der Waals surface area contributed by atoms with Crippen molar-refractivity contribution in [3.63, 3.8) is 0 Å². The fraction of sp³-hybridized carbons (Fsp3) is 0.0690. The van der Waals surface area contributed by atoms with Crippen LogP contribution in [0.5, 0.6) is 23.0 Å². The number of hydrogen-bond donors (Lipinski definition) is 5. The van der Waals surface area contributed by atoms with Crippen molar-refractivity contribution < 1.29 is 27.8 Å². The van der Waals surface area contributed by atoms with Crippen LogP contribution in [0, 0.1) is 11.6 Å². The zero-order chi connectivity index (χ0) is 28.7. The lowest BCUT2D eigenvalue weighted by molar-refractivity contribution is 0.244. The second-order valence-corrected chi connectivity index (χ2v) is 7.90. The van der Waals surface area contributed by atoms with Gasteiger partial charge in [-0.1, -0.05) is 19.6 Å². The first-order valence-corrected chi connectivity index (χ1v) is 11.7. The minimum absolute atomic E-state index is 0. The largest absolute Gasteiger partial charge is 0.457 e. The molecule has 4 aromatic rings. The van der Waals surface area contributed by atoms with E-state index in [9.17, 15) is 18.4 Å². The predicted octanol–water partition coefficient (Wildman–Crippen LogP) is 5.55. The molecule has 0 spiro atoms. The van der Waals surface area contributed by atoms with E-state index in [2.05, 4.69) is 21.4 Å². The first-order chi connectivity index (χ1) is 19.3. The minimum Gasteiger partial charge on any atom is -0.457 e. The number of hydrogen-bond acceptors (Lipinski definition) is 6. The van der Waals surface area contributed by atoms with Crippen molar-refractivity contribution in [1.29, 1.82) is 0 Å². The predicted molar refractivity (Wildman–Crippen MR) is 152 cm³/mol. The fourth-order valence-electron chi connectivity index (χ4n) is 2.98. The standard InChI is InChI=1S/C14H14FN3O2.C14H12FN3O2.CH4/c2*15-11-3-7-13(8-4-11)20-12-5-1-10(2-6-12)9-17-18-14(16)19;/h1-8,17H,9H2,(H3,16,18,19);1-9H,(H3,16,18,19);1H4/b;17-9+;. The highest BCUT2D eigenvalue weighted by Crippen LogP contribution is 2.22. The molecule has 0 aliphatic carbocycles. The number of hydrazine groups is 1. The van der Waals surface area contributed by atoms with Crippen molar-refractivity contribution in [2.24, 2.45) is 16.6 Å². The molecule has 4 amide bonds. The molecule has 0 fully saturated rings. The van der Waals surface area contributed by atoms with Crippen LogP contribution in [0.3, 0.4) is 0 Å². The number of rotatable bonds is 9. The Morgan fingerprint density at radius 1 is 0.683 bits per heavy atom. The van der Waals surface area contributed by atoms with Gasteiger partial charge in [0.2, 0.25) is 0 Å². The first kappa shape index (κ1) is 31.7. The van der Waals surface area contributed by atoms with Crippen LogP contribution < -0.4 is 37.2 Å². The topological polar surface area (TPSA) is 153 Å². The second kappa shape index (κ2) is 16.5. The number of carbonyl (C=O) groups excluding carboxylic acids is 2. The van der Waals surface area contributed by atoms with E-state index in [1.165, 1.54) is 30.5 Å². The number of nitrogens with one attached hydrogen (secondary N) is 3. The Kier molecular flexibility index (Phi) is 12.7. The Bertz CT molecular complexity index is 1400. The third-order valence-electron chi connectivity index (χ3n) is 4.79. The van der Waals surface area contributed by atoms with Crippen LogP contribution in [-0.2, 0) is 6.54 Å². The third-order valence-corrected chi connectivity index (χ3v) is 4.79. The average molecular weight is 565 g/mol. The molecule has 0 aliphatic heterocycles. The molecule has 0 aromatic heterocycles. The summed E-state index contributed by atoms with van der Waals surface area (Å²) in [6.07, 6.45) is 1.45. The molecule has 4 rings (SSSR count). The van der Waals surface area contributed by atoms with E-state index in [4.69, 9.17) is 20.9 Å². The number of hydrazone groups is 1. The minimum atomic E-state index is -0.725. The average Bonchev–Trinajstić information content (AvgIpc) is 2.93. The number of nitrogens with two attached hydrogens (primary N) is 2. The number of carbonyl (C=O) groups is 2. The van der Waals surface area contributed by atoms with Gasteiger partial charge in [0, 0.05) is 6.54 Å². The molecular weight excluding hydrogens is 534 g/mol. The summed E-state index contributed by atoms with van der Waals surface area (Å²) in [4.78, 5) is 20.9. The van der Waals surface area contributed by atoms with Gasteiger partial charge in [-0.3, -0.25) is 5.43 Å². The van der Waals surface area contributed by atoms with E-state index in [0.29, 0.717) is 29.5 Å². The summed E-state index contributed by atoms with van der Waals surface area (Å²) < 4.78 is 36.6. The maximum Gasteiger partial charge on any atom is 0.332 e. The lowest BCUT2D eigenvalue weighted by Crippen LogP contribution is -2.40. The van der Waals surface area contributed by atoms with Crippen LogP contribution in [0.4, 0.5) is 18.4 Å². The molecule has 41 heavy (non-hydrogen) atoms. The van der Waals surface area contributed by atoms with Crippen LogP contribution in [0.25, 0.3) is 0 Å². The van der Waals surface area contributed by atoms with Gasteiger partial charge in [0.25, 0.3) is 0 Å². The fourth-order valence-corrected chi connectivity index (χ4v) is 2.98. The number of ether oxygens (including phenoxy) is 2. The van der Waals surface area contributed by atoms with Crippen LogP contribution in [0.2, 0.25) is 0 Å². The lowest BCUT2D eigenvalue weighted by Gasteiger charge is -2.07. The molecule has 0 radical (unpaired) electrons. The Hall–Kier alpha value is -5.49. The molecule has 0 saturated carbocycles. The van der Waals surface area contributed by atoms with Crippen LogP contribution in [0.15, 0.2) is 102 Å². The van der Waals surface area contributed by atoms with Gasteiger partial charge in [-0.2, -0.15) is 5.10 Å². The molecule has 4 aromatic carbocycles. The second-order valence-electron chi connectivity index (χ2n) is 7.90. The van der Waals surface area contributed by atoms with E-state index in [0.717, 1.165) is 11.1 Å². The molecular formula is C29H30F2N6O4. The van der Waals surface area contributed by atoms with Gasteiger partial charge in [-0.05, 0) is 96.1 Å². The normalized spacial score (nSPS) is 10.0. The SMILES string of the molecule is C.NC(=O)N/N=C/c1ccc(Oc2ccc(F)cc2)cc1.NC(=O)NNCc1ccc(Oc2ccc(F)cc2)cc1. The van der Waals surface area contributed by atoms with Crippen molar-refractivity contribution in [2.45, 2.75) is 14.0 Å². The molecule has 0 saturated heterocycles. The first-order valence-electron chi connectivity index (χ1n) is 11.7. The highest BCUT2D eigenvalue weighted by Gasteiger charge is 2.00. The summed E-state index contributed by atoms with van der Waals surface area (Å²) in [5, 5.41) is 3.63. The molecule has 0 bridgehead atoms. The number of primary amides is 2. The van der Waals surface area contributed by atoms with E-state index < -0.39 is 12.1 Å². The van der Waals surface area contributed by atoms with E-state index >= 15 is 0 Å². The van der Waals surface area contributed by atoms with E-state index in [1.54, 1.807) is 60.7 Å². The zero-order valence-electron chi connectivity index (χ0n) is 21.0. The van der Waals surface area contributed by atoms with Crippen molar-refractivity contribution >= 4 is 18.3 Å². The van der Waals surface area contributed by atoms with E-state index in [1.807, 2.05) is 12.1 Å². The van der Waals surface area contributed by atoms with Gasteiger partial charge in [0.1, 0.15) is 34.6 Å². The van der Waals surface area contributed by atoms with Gasteiger partial charge in [-0.15, -0.1) is 0 Å². The molecule has 10 nitrogen and oxygen atoms in total. The number of benzene rings is 4. The molecule has 0 heterocycles. The summed E-state index contributed by atoms with van der Waals surface area (Å²) in [5.41, 5.74) is 18.5. The van der Waals surface area contributed by atoms with Crippen molar-refractivity contribution in [3.05, 3.63) is 120 Å². The van der Waals surface area contributed by atoms with Gasteiger partial charge < -0.3 is 20.9 Å². The van der Waals surface area contributed by atoms with Crippen molar-refractivity contribution in [3.8, 4) is 23.0 Å². The summed E-state index contributed by atoms with van der Waals surface area (Å²) >= 11 is 0. The van der Waals surface area contributed by atoms with Crippen molar-refractivity contribution in [1.82, 2.24) is 16.3 Å². The third kappa shape index (κ3) is 12.3. The maximum absolute atomic E-state index is 12.8. The number of urea groups is 2.